The number of methoxy groups -OCH3 is 3. The lowest BCUT2D eigenvalue weighted by Gasteiger charge is -2.27. The first-order valence-electron chi connectivity index (χ1n) is 8.01. The second-order valence-corrected chi connectivity index (χ2v) is 5.58. The minimum absolute atomic E-state index is 0.116. The van der Waals surface area contributed by atoms with Gasteiger partial charge in [-0.3, -0.25) is 4.79 Å². The second-order valence-electron chi connectivity index (χ2n) is 5.58. The van der Waals surface area contributed by atoms with Crippen molar-refractivity contribution in [3.8, 4) is 23.0 Å². The number of hydrogen-bond donors (Lipinski definition) is 1. The number of nitrogens with one attached hydrogen (secondary N) is 1. The highest BCUT2D eigenvalue weighted by molar-refractivity contribution is 5.98. The Morgan fingerprint density at radius 2 is 1.80 bits per heavy atom. The molecular weight excluding hydrogens is 322 g/mol. The lowest BCUT2D eigenvalue weighted by atomic mass is 10.00. The molecule has 0 bridgehead atoms. The van der Waals surface area contributed by atoms with Gasteiger partial charge in [-0.1, -0.05) is 18.2 Å². The van der Waals surface area contributed by atoms with E-state index in [1.54, 1.807) is 12.1 Å². The summed E-state index contributed by atoms with van der Waals surface area (Å²) >= 11 is 0. The fourth-order valence-corrected chi connectivity index (χ4v) is 3.01. The first-order valence-corrected chi connectivity index (χ1v) is 8.01. The summed E-state index contributed by atoms with van der Waals surface area (Å²) in [5.74, 6) is 1.81. The van der Waals surface area contributed by atoms with E-state index in [1.165, 1.54) is 21.3 Å². The number of fused-ring (bicyclic) bond motifs is 1. The number of rotatable bonds is 5. The molecule has 1 atom stereocenters. The molecule has 0 unspecified atom stereocenters. The van der Waals surface area contributed by atoms with E-state index in [4.69, 9.17) is 18.9 Å². The molecule has 0 aliphatic carbocycles. The van der Waals surface area contributed by atoms with Crippen molar-refractivity contribution in [2.45, 2.75) is 12.5 Å². The van der Waals surface area contributed by atoms with Crippen LogP contribution >= 0.6 is 0 Å². The molecule has 3 rings (SSSR count). The van der Waals surface area contributed by atoms with Gasteiger partial charge < -0.3 is 24.3 Å². The van der Waals surface area contributed by atoms with Gasteiger partial charge in [0.05, 0.1) is 39.5 Å². The van der Waals surface area contributed by atoms with Gasteiger partial charge in [0, 0.05) is 12.0 Å². The van der Waals surface area contributed by atoms with Gasteiger partial charge in [0.1, 0.15) is 5.75 Å². The fraction of sp³-hybridized carbons (Fsp3) is 0.316. The molecule has 2 aromatic rings. The predicted octanol–water partition coefficient (Wildman–Crippen LogP) is 2.97. The van der Waals surface area contributed by atoms with E-state index < -0.39 is 0 Å². The smallest absolute Gasteiger partial charge is 0.255 e. The summed E-state index contributed by atoms with van der Waals surface area (Å²) in [4.78, 5) is 12.8. The first-order chi connectivity index (χ1) is 12.2. The Morgan fingerprint density at radius 3 is 2.52 bits per heavy atom. The molecule has 0 saturated heterocycles. The lowest BCUT2D eigenvalue weighted by molar-refractivity contribution is 0.0921. The van der Waals surface area contributed by atoms with Crippen molar-refractivity contribution in [1.82, 2.24) is 5.32 Å². The van der Waals surface area contributed by atoms with E-state index in [0.29, 0.717) is 35.8 Å². The number of amides is 1. The second kappa shape index (κ2) is 7.34. The van der Waals surface area contributed by atoms with Crippen LogP contribution in [-0.2, 0) is 0 Å². The van der Waals surface area contributed by atoms with Gasteiger partial charge in [0.15, 0.2) is 11.5 Å². The molecule has 25 heavy (non-hydrogen) atoms. The summed E-state index contributed by atoms with van der Waals surface area (Å²) in [6.07, 6.45) is 0.707. The first kappa shape index (κ1) is 17.0. The summed E-state index contributed by atoms with van der Waals surface area (Å²) < 4.78 is 21.6. The fourth-order valence-electron chi connectivity index (χ4n) is 3.01. The molecule has 0 aromatic heterocycles. The molecule has 1 aliphatic heterocycles. The van der Waals surface area contributed by atoms with Crippen molar-refractivity contribution in [3.05, 3.63) is 47.5 Å². The Balaban J connectivity index is 1.90. The standard InChI is InChI=1S/C19H21NO5/c1-22-16-9-8-13(17(23-2)18(16)24-3)19(21)20-14-10-11-25-15-7-5-4-6-12(14)15/h4-9,14H,10-11H2,1-3H3,(H,20,21)/t14-/m1/s1. The van der Waals surface area contributed by atoms with Crippen molar-refractivity contribution in [2.24, 2.45) is 0 Å². The predicted molar refractivity (Wildman–Crippen MR) is 92.9 cm³/mol. The molecule has 1 amide bonds. The van der Waals surface area contributed by atoms with Gasteiger partial charge in [0.25, 0.3) is 5.91 Å². The molecule has 0 spiro atoms. The number of benzene rings is 2. The van der Waals surface area contributed by atoms with Crippen LogP contribution < -0.4 is 24.3 Å². The van der Waals surface area contributed by atoms with E-state index >= 15 is 0 Å². The highest BCUT2D eigenvalue weighted by Crippen LogP contribution is 2.40. The van der Waals surface area contributed by atoms with Gasteiger partial charge in [-0.2, -0.15) is 0 Å². The minimum atomic E-state index is -0.237. The zero-order valence-corrected chi connectivity index (χ0v) is 14.5. The van der Waals surface area contributed by atoms with Crippen LogP contribution in [0.5, 0.6) is 23.0 Å². The Kier molecular flexibility index (Phi) is 4.97. The lowest BCUT2D eigenvalue weighted by Crippen LogP contribution is -2.32. The quantitative estimate of drug-likeness (QED) is 0.904. The third-order valence-corrected chi connectivity index (χ3v) is 4.21. The molecule has 1 heterocycles. The Labute approximate surface area is 146 Å². The van der Waals surface area contributed by atoms with E-state index in [-0.39, 0.29) is 11.9 Å². The number of carbonyl (C=O) groups excluding carboxylic acids is 1. The number of ether oxygens (including phenoxy) is 4. The van der Waals surface area contributed by atoms with Crippen molar-refractivity contribution < 1.29 is 23.7 Å². The summed E-state index contributed by atoms with van der Waals surface area (Å²) in [5.41, 5.74) is 1.37. The molecule has 132 valence electrons. The van der Waals surface area contributed by atoms with Gasteiger partial charge in [-0.15, -0.1) is 0 Å². The maximum atomic E-state index is 12.8. The van der Waals surface area contributed by atoms with E-state index in [2.05, 4.69) is 5.32 Å². The molecule has 2 aromatic carbocycles. The summed E-state index contributed by atoms with van der Waals surface area (Å²) in [7, 11) is 4.55. The third kappa shape index (κ3) is 3.20. The van der Waals surface area contributed by atoms with Crippen LogP contribution in [0.4, 0.5) is 0 Å². The van der Waals surface area contributed by atoms with Crippen molar-refractivity contribution in [1.29, 1.82) is 0 Å². The molecule has 1 N–H and O–H groups in total. The van der Waals surface area contributed by atoms with Crippen molar-refractivity contribution >= 4 is 5.91 Å². The Morgan fingerprint density at radius 1 is 1.04 bits per heavy atom. The number of hydrogen-bond acceptors (Lipinski definition) is 5. The Bertz CT molecular complexity index is 774. The van der Waals surface area contributed by atoms with Gasteiger partial charge >= 0.3 is 0 Å². The monoisotopic (exact) mass is 343 g/mol. The number of para-hydroxylation sites is 1. The van der Waals surface area contributed by atoms with E-state index in [1.807, 2.05) is 24.3 Å². The molecule has 6 nitrogen and oxygen atoms in total. The third-order valence-electron chi connectivity index (χ3n) is 4.21. The Hall–Kier alpha value is -2.89. The van der Waals surface area contributed by atoms with Crippen molar-refractivity contribution in [2.75, 3.05) is 27.9 Å². The summed E-state index contributed by atoms with van der Waals surface area (Å²) in [5, 5.41) is 3.06. The van der Waals surface area contributed by atoms with Crippen LogP contribution in [0.25, 0.3) is 0 Å². The van der Waals surface area contributed by atoms with Crippen LogP contribution in [0.2, 0.25) is 0 Å². The highest BCUT2D eigenvalue weighted by atomic mass is 16.5. The average Bonchev–Trinajstić information content (AvgIpc) is 2.66. The van der Waals surface area contributed by atoms with E-state index in [0.717, 1.165) is 11.3 Å². The summed E-state index contributed by atoms with van der Waals surface area (Å²) in [6, 6.07) is 11.0. The van der Waals surface area contributed by atoms with Crippen LogP contribution in [0.15, 0.2) is 36.4 Å². The summed E-state index contributed by atoms with van der Waals surface area (Å²) in [6.45, 7) is 0.561. The van der Waals surface area contributed by atoms with Crippen LogP contribution in [0.3, 0.4) is 0 Å². The van der Waals surface area contributed by atoms with Gasteiger partial charge in [-0.05, 0) is 18.2 Å². The van der Waals surface area contributed by atoms with E-state index in [9.17, 15) is 4.79 Å². The molecule has 0 radical (unpaired) electrons. The molecule has 0 fully saturated rings. The molecule has 0 saturated carbocycles. The highest BCUT2D eigenvalue weighted by Gasteiger charge is 2.26. The topological polar surface area (TPSA) is 66.0 Å². The van der Waals surface area contributed by atoms with Gasteiger partial charge in [0.2, 0.25) is 5.75 Å². The molecule has 1 aliphatic rings. The molecule has 6 heteroatoms. The van der Waals surface area contributed by atoms with Crippen LogP contribution in [0.1, 0.15) is 28.4 Å². The van der Waals surface area contributed by atoms with Crippen LogP contribution in [-0.4, -0.2) is 33.8 Å². The maximum Gasteiger partial charge on any atom is 0.255 e. The largest absolute Gasteiger partial charge is 0.493 e. The van der Waals surface area contributed by atoms with Crippen LogP contribution in [0, 0.1) is 0 Å². The zero-order chi connectivity index (χ0) is 17.8. The van der Waals surface area contributed by atoms with Crippen molar-refractivity contribution in [3.63, 3.8) is 0 Å². The minimum Gasteiger partial charge on any atom is -0.493 e. The number of carbonyl (C=O) groups is 1. The maximum absolute atomic E-state index is 12.8. The normalized spacial score (nSPS) is 15.6. The van der Waals surface area contributed by atoms with Gasteiger partial charge in [-0.25, -0.2) is 0 Å². The SMILES string of the molecule is COc1ccc(C(=O)N[C@@H]2CCOc3ccccc32)c(OC)c1OC. The zero-order valence-electron chi connectivity index (χ0n) is 14.5. The molecular formula is C19H21NO5. The average molecular weight is 343 g/mol.